The number of carbonyl (C=O) groups excluding carboxylic acids is 2. The van der Waals surface area contributed by atoms with E-state index in [1.54, 1.807) is 0 Å². The second kappa shape index (κ2) is 23.3. The molecule has 5 nitrogen and oxygen atoms in total. The number of carbonyl (C=O) groups is 2. The zero-order valence-corrected chi connectivity index (χ0v) is 10.4. The summed E-state index contributed by atoms with van der Waals surface area (Å²) in [7, 11) is 0. The smallest absolute Gasteiger partial charge is 0.550 e. The molecule has 0 heterocycles. The number of carboxylic acid groups (broad SMARTS) is 2. The summed E-state index contributed by atoms with van der Waals surface area (Å²) in [6.07, 6.45) is 3.75. The maximum atomic E-state index is 8.89. The zero-order chi connectivity index (χ0) is 12.0. The molecule has 0 aromatic carbocycles. The molecule has 0 unspecified atom stereocenters. The van der Waals surface area contributed by atoms with E-state index in [9.17, 15) is 0 Å². The monoisotopic (exact) mass is 264 g/mol. The zero-order valence-electron chi connectivity index (χ0n) is 9.37. The molecule has 0 bridgehead atoms. The van der Waals surface area contributed by atoms with Crippen molar-refractivity contribution in [2.75, 3.05) is 6.54 Å². The van der Waals surface area contributed by atoms with E-state index in [0.29, 0.717) is 0 Å². The molecular formula is C9H19CoNO4. The molecular weight excluding hydrogens is 245 g/mol. The minimum Gasteiger partial charge on any atom is -0.550 e. The molecule has 0 fully saturated rings. The van der Waals surface area contributed by atoms with Crippen LogP contribution < -0.4 is 15.9 Å². The number of carboxylic acids is 2. The molecule has 0 saturated carbocycles. The van der Waals surface area contributed by atoms with Crippen LogP contribution in [0.2, 0.25) is 0 Å². The van der Waals surface area contributed by atoms with Gasteiger partial charge in [0.15, 0.2) is 0 Å². The van der Waals surface area contributed by atoms with Gasteiger partial charge in [0, 0.05) is 11.9 Å². The van der Waals surface area contributed by atoms with Gasteiger partial charge in [0.2, 0.25) is 0 Å². The second-order valence-corrected chi connectivity index (χ2v) is 2.48. The molecule has 6 heteroatoms. The Morgan fingerprint density at radius 1 is 1.07 bits per heavy atom. The first kappa shape index (κ1) is 23.9. The Bertz CT molecular complexity index is 118. The van der Waals surface area contributed by atoms with Crippen LogP contribution in [0.15, 0.2) is 0 Å². The maximum Gasteiger partial charge on any atom is 2.00 e. The van der Waals surface area contributed by atoms with Crippen molar-refractivity contribution in [2.24, 2.45) is 5.73 Å². The van der Waals surface area contributed by atoms with Crippen molar-refractivity contribution in [3.8, 4) is 0 Å². The van der Waals surface area contributed by atoms with Crippen LogP contribution in [0.25, 0.3) is 0 Å². The quantitative estimate of drug-likeness (QED) is 0.634. The fourth-order valence-electron chi connectivity index (χ4n) is 0.394. The standard InChI is InChI=1S/C5H13N.2C2H4O2.Co/c1-2-3-4-5-6;2*1-2(3)4;/h2-6H2,1H3;2*1H3,(H,3,4);/q;;;+2/p-2. The fourth-order valence-corrected chi connectivity index (χ4v) is 0.394. The molecule has 0 spiro atoms. The number of hydrogen-bond donors (Lipinski definition) is 1. The largest absolute Gasteiger partial charge is 2.00 e. The summed E-state index contributed by atoms with van der Waals surface area (Å²) in [5.74, 6) is -2.17. The van der Waals surface area contributed by atoms with Crippen LogP contribution in [-0.4, -0.2) is 18.5 Å². The van der Waals surface area contributed by atoms with Crippen LogP contribution in [0.4, 0.5) is 0 Å². The van der Waals surface area contributed by atoms with Crippen molar-refractivity contribution in [3.63, 3.8) is 0 Å². The molecule has 2 N–H and O–H groups in total. The summed E-state index contributed by atoms with van der Waals surface area (Å²) in [5, 5.41) is 17.8. The van der Waals surface area contributed by atoms with Crippen molar-refractivity contribution < 1.29 is 36.6 Å². The fraction of sp³-hybridized carbons (Fsp3) is 0.778. The molecule has 0 aliphatic rings. The van der Waals surface area contributed by atoms with Crippen molar-refractivity contribution in [3.05, 3.63) is 0 Å². The Kier molecular flexibility index (Phi) is 37.2. The molecule has 0 saturated heterocycles. The predicted octanol–water partition coefficient (Wildman–Crippen LogP) is -1.35. The molecule has 0 rings (SSSR count). The van der Waals surface area contributed by atoms with Crippen LogP contribution in [0.3, 0.4) is 0 Å². The Morgan fingerprint density at radius 2 is 1.33 bits per heavy atom. The van der Waals surface area contributed by atoms with Crippen molar-refractivity contribution in [2.45, 2.75) is 40.0 Å². The summed E-state index contributed by atoms with van der Waals surface area (Å²) in [6.45, 7) is 4.98. The van der Waals surface area contributed by atoms with Crippen molar-refractivity contribution in [1.29, 1.82) is 0 Å². The maximum absolute atomic E-state index is 8.89. The number of aliphatic carboxylic acids is 2. The minimum absolute atomic E-state index is 0. The van der Waals surface area contributed by atoms with E-state index in [0.717, 1.165) is 20.4 Å². The van der Waals surface area contributed by atoms with Crippen LogP contribution in [0.5, 0.6) is 0 Å². The SMILES string of the molecule is CC(=O)[O-].CC(=O)[O-].CCCCCN.[Co+2]. The third kappa shape index (κ3) is 301. The van der Waals surface area contributed by atoms with Crippen molar-refractivity contribution in [1.82, 2.24) is 0 Å². The Balaban J connectivity index is -0.0000000606. The van der Waals surface area contributed by atoms with Gasteiger partial charge in [-0.15, -0.1) is 0 Å². The number of nitrogens with two attached hydrogens (primary N) is 1. The van der Waals surface area contributed by atoms with E-state index in [-0.39, 0.29) is 16.8 Å². The van der Waals surface area contributed by atoms with Crippen LogP contribution in [0.1, 0.15) is 40.0 Å². The Hall–Kier alpha value is -0.594. The average molecular weight is 264 g/mol. The summed E-state index contributed by atoms with van der Waals surface area (Å²) in [5.41, 5.74) is 5.21. The van der Waals surface area contributed by atoms with E-state index in [1.165, 1.54) is 19.3 Å². The van der Waals surface area contributed by atoms with Crippen molar-refractivity contribution >= 4 is 11.9 Å². The van der Waals surface area contributed by atoms with Crippen LogP contribution in [0, 0.1) is 0 Å². The van der Waals surface area contributed by atoms with E-state index in [4.69, 9.17) is 25.5 Å². The van der Waals surface area contributed by atoms with Gasteiger partial charge in [0.25, 0.3) is 0 Å². The summed E-state index contributed by atoms with van der Waals surface area (Å²) in [4.78, 5) is 17.8. The Morgan fingerprint density at radius 3 is 1.40 bits per heavy atom. The molecule has 1 radical (unpaired) electrons. The summed E-state index contributed by atoms with van der Waals surface area (Å²) in [6, 6.07) is 0. The normalized spacial score (nSPS) is 6.93. The van der Waals surface area contributed by atoms with Gasteiger partial charge in [0.05, 0.1) is 0 Å². The van der Waals surface area contributed by atoms with E-state index < -0.39 is 11.9 Å². The summed E-state index contributed by atoms with van der Waals surface area (Å²) < 4.78 is 0. The van der Waals surface area contributed by atoms with Gasteiger partial charge >= 0.3 is 16.8 Å². The number of rotatable bonds is 3. The van der Waals surface area contributed by atoms with Gasteiger partial charge in [-0.2, -0.15) is 0 Å². The number of hydrogen-bond acceptors (Lipinski definition) is 5. The minimum atomic E-state index is -1.08. The first-order valence-electron chi connectivity index (χ1n) is 4.43. The topological polar surface area (TPSA) is 106 Å². The summed E-state index contributed by atoms with van der Waals surface area (Å²) >= 11 is 0. The Labute approximate surface area is 101 Å². The number of unbranched alkanes of at least 4 members (excludes halogenated alkanes) is 2. The molecule has 0 aromatic heterocycles. The molecule has 0 aliphatic heterocycles. The van der Waals surface area contributed by atoms with Gasteiger partial charge in [0.1, 0.15) is 0 Å². The predicted molar refractivity (Wildman–Crippen MR) is 49.9 cm³/mol. The first-order chi connectivity index (χ1) is 6.38. The molecule has 93 valence electrons. The molecule has 0 amide bonds. The molecule has 0 aliphatic carbocycles. The van der Waals surface area contributed by atoms with E-state index >= 15 is 0 Å². The first-order valence-corrected chi connectivity index (χ1v) is 4.43. The van der Waals surface area contributed by atoms with E-state index in [2.05, 4.69) is 6.92 Å². The van der Waals surface area contributed by atoms with E-state index in [1.807, 2.05) is 0 Å². The third-order valence-electron chi connectivity index (χ3n) is 0.808. The van der Waals surface area contributed by atoms with Gasteiger partial charge < -0.3 is 25.5 Å². The second-order valence-electron chi connectivity index (χ2n) is 2.48. The van der Waals surface area contributed by atoms with Gasteiger partial charge in [-0.3, -0.25) is 0 Å². The van der Waals surface area contributed by atoms with Crippen LogP contribution >= 0.6 is 0 Å². The van der Waals surface area contributed by atoms with Gasteiger partial charge in [-0.1, -0.05) is 19.8 Å². The third-order valence-corrected chi connectivity index (χ3v) is 0.808. The van der Waals surface area contributed by atoms with Gasteiger partial charge in [-0.25, -0.2) is 0 Å². The molecule has 0 aromatic rings. The van der Waals surface area contributed by atoms with Crippen LogP contribution in [-0.2, 0) is 26.4 Å². The molecule has 15 heavy (non-hydrogen) atoms. The molecule has 0 atom stereocenters. The van der Waals surface area contributed by atoms with Gasteiger partial charge in [-0.05, 0) is 26.8 Å². The average Bonchev–Trinajstić information content (AvgIpc) is 1.98.